The molecule has 0 spiro atoms. The number of carbonyl (C=O) groups excluding carboxylic acids is 1. The van der Waals surface area contributed by atoms with E-state index in [-0.39, 0.29) is 36.1 Å². The molecule has 3 heterocycles. The third-order valence-corrected chi connectivity index (χ3v) is 8.30. The van der Waals surface area contributed by atoms with Crippen molar-refractivity contribution in [3.8, 4) is 11.5 Å². The number of fused-ring (bicyclic) bond motifs is 1. The van der Waals surface area contributed by atoms with Crippen LogP contribution in [0.3, 0.4) is 0 Å². The first-order valence-corrected chi connectivity index (χ1v) is 13.3. The molecule has 2 atom stereocenters. The zero-order valence-corrected chi connectivity index (χ0v) is 20.7. The Labute approximate surface area is 214 Å². The highest BCUT2D eigenvalue weighted by molar-refractivity contribution is 7.91. The van der Waals surface area contributed by atoms with E-state index >= 15 is 4.39 Å². The molecule has 0 radical (unpaired) electrons. The van der Waals surface area contributed by atoms with Crippen LogP contribution >= 0.6 is 11.6 Å². The van der Waals surface area contributed by atoms with E-state index in [1.54, 1.807) is 24.3 Å². The minimum absolute atomic E-state index is 0.0742. The number of aromatic nitrogens is 2. The lowest BCUT2D eigenvalue weighted by Gasteiger charge is -2.27. The monoisotopic (exact) mass is 555 g/mol. The number of nitrogens with two attached hydrogens (primary N) is 1. The van der Waals surface area contributed by atoms with Crippen molar-refractivity contribution < 1.29 is 30.8 Å². The zero-order chi connectivity index (χ0) is 26.5. The van der Waals surface area contributed by atoms with Crippen LogP contribution in [0.4, 0.5) is 18.9 Å². The SMILES string of the molecule is N[C@H]1CS(=O)(=O)c2cc(F)c(-c3nnc(C4CNCC(F)(F)C4)o3)cc2N(Cc2ccc(Cl)cc2)C1=O. The van der Waals surface area contributed by atoms with E-state index in [2.05, 4.69) is 15.5 Å². The van der Waals surface area contributed by atoms with Crippen LogP contribution < -0.4 is 16.0 Å². The second kappa shape index (κ2) is 9.39. The largest absolute Gasteiger partial charge is 0.420 e. The maximum absolute atomic E-state index is 15.2. The molecule has 1 fully saturated rings. The van der Waals surface area contributed by atoms with Crippen molar-refractivity contribution >= 4 is 33.0 Å². The quantitative estimate of drug-likeness (QED) is 0.502. The molecule has 2 aliphatic rings. The second-order valence-corrected chi connectivity index (χ2v) is 11.5. The van der Waals surface area contributed by atoms with E-state index < -0.39 is 63.1 Å². The number of piperidine rings is 1. The van der Waals surface area contributed by atoms with Gasteiger partial charge >= 0.3 is 0 Å². The van der Waals surface area contributed by atoms with Gasteiger partial charge in [-0.25, -0.2) is 21.6 Å². The smallest absolute Gasteiger partial charge is 0.261 e. The lowest BCUT2D eigenvalue weighted by molar-refractivity contribution is -0.119. The Kier molecular flexibility index (Phi) is 6.51. The van der Waals surface area contributed by atoms with Gasteiger partial charge in [0.15, 0.2) is 9.84 Å². The Morgan fingerprint density at radius 1 is 1.22 bits per heavy atom. The van der Waals surface area contributed by atoms with Crippen molar-refractivity contribution in [3.05, 3.63) is 58.7 Å². The summed E-state index contributed by atoms with van der Waals surface area (Å²) in [7, 11) is -4.15. The van der Waals surface area contributed by atoms with E-state index in [9.17, 15) is 22.0 Å². The lowest BCUT2D eigenvalue weighted by Crippen LogP contribution is -2.45. The molecule has 0 aliphatic carbocycles. The number of carbonyl (C=O) groups is 1. The van der Waals surface area contributed by atoms with Crippen molar-refractivity contribution in [2.45, 2.75) is 35.7 Å². The number of alkyl halides is 2. The number of benzene rings is 2. The van der Waals surface area contributed by atoms with Gasteiger partial charge in [-0.05, 0) is 29.8 Å². The van der Waals surface area contributed by atoms with Gasteiger partial charge in [-0.15, -0.1) is 10.2 Å². The van der Waals surface area contributed by atoms with Gasteiger partial charge in [-0.3, -0.25) is 4.79 Å². The van der Waals surface area contributed by atoms with E-state index in [4.69, 9.17) is 21.8 Å². The number of hydrogen-bond acceptors (Lipinski definition) is 8. The van der Waals surface area contributed by atoms with Crippen LogP contribution in [-0.2, 0) is 21.2 Å². The molecule has 2 aromatic carbocycles. The summed E-state index contributed by atoms with van der Waals surface area (Å²) >= 11 is 5.94. The van der Waals surface area contributed by atoms with E-state index in [0.717, 1.165) is 17.0 Å². The highest BCUT2D eigenvalue weighted by Crippen LogP contribution is 2.38. The Hall–Kier alpha value is -3.00. The molecule has 0 saturated carbocycles. The van der Waals surface area contributed by atoms with E-state index in [1.165, 1.54) is 0 Å². The van der Waals surface area contributed by atoms with Crippen molar-refractivity contribution in [2.24, 2.45) is 5.73 Å². The Morgan fingerprint density at radius 2 is 1.95 bits per heavy atom. The molecular formula is C23H21ClF3N5O4S. The van der Waals surface area contributed by atoms with Crippen LogP contribution in [0.25, 0.3) is 11.5 Å². The van der Waals surface area contributed by atoms with Gasteiger partial charge in [0, 0.05) is 18.0 Å². The third-order valence-electron chi connectivity index (χ3n) is 6.25. The van der Waals surface area contributed by atoms with E-state index in [1.807, 2.05) is 0 Å². The normalized spacial score (nSPS) is 22.9. The molecule has 37 heavy (non-hydrogen) atoms. The molecule has 3 aromatic rings. The Balaban J connectivity index is 1.58. The van der Waals surface area contributed by atoms with Crippen molar-refractivity contribution in [2.75, 3.05) is 23.7 Å². The predicted molar refractivity (Wildman–Crippen MR) is 128 cm³/mol. The fourth-order valence-corrected chi connectivity index (χ4v) is 6.13. The molecule has 1 amide bonds. The molecule has 1 unspecified atom stereocenters. The average molecular weight is 556 g/mol. The van der Waals surface area contributed by atoms with Gasteiger partial charge in [-0.1, -0.05) is 23.7 Å². The highest BCUT2D eigenvalue weighted by atomic mass is 35.5. The van der Waals surface area contributed by atoms with Crippen molar-refractivity contribution in [3.63, 3.8) is 0 Å². The molecular weight excluding hydrogens is 535 g/mol. The van der Waals surface area contributed by atoms with Crippen LogP contribution in [0, 0.1) is 5.82 Å². The van der Waals surface area contributed by atoms with Gasteiger partial charge in [0.1, 0.15) is 5.82 Å². The van der Waals surface area contributed by atoms with Crippen LogP contribution in [0.2, 0.25) is 5.02 Å². The summed E-state index contributed by atoms with van der Waals surface area (Å²) in [6.45, 7) is -0.378. The molecule has 9 nitrogen and oxygen atoms in total. The van der Waals surface area contributed by atoms with Crippen LogP contribution in [0.1, 0.15) is 23.8 Å². The van der Waals surface area contributed by atoms with E-state index in [0.29, 0.717) is 10.6 Å². The number of sulfone groups is 1. The summed E-state index contributed by atoms with van der Waals surface area (Å²) in [6, 6.07) is 7.05. The van der Waals surface area contributed by atoms with Crippen LogP contribution in [-0.4, -0.2) is 55.3 Å². The molecule has 2 aliphatic heterocycles. The first-order valence-electron chi connectivity index (χ1n) is 11.2. The summed E-state index contributed by atoms with van der Waals surface area (Å²) < 4.78 is 74.4. The summed E-state index contributed by atoms with van der Waals surface area (Å²) in [5.41, 5.74) is 6.12. The highest BCUT2D eigenvalue weighted by Gasteiger charge is 2.40. The topological polar surface area (TPSA) is 131 Å². The van der Waals surface area contributed by atoms with Gasteiger partial charge in [0.05, 0.1) is 46.9 Å². The zero-order valence-electron chi connectivity index (χ0n) is 19.1. The number of halogens is 4. The molecule has 14 heteroatoms. The van der Waals surface area contributed by atoms with Crippen LogP contribution in [0.5, 0.6) is 0 Å². The van der Waals surface area contributed by atoms with Gasteiger partial charge in [0.2, 0.25) is 11.8 Å². The molecule has 3 N–H and O–H groups in total. The minimum Gasteiger partial charge on any atom is -0.420 e. The third kappa shape index (κ3) is 5.08. The average Bonchev–Trinajstić information content (AvgIpc) is 3.30. The van der Waals surface area contributed by atoms with Crippen molar-refractivity contribution in [1.82, 2.24) is 15.5 Å². The molecule has 196 valence electrons. The van der Waals surface area contributed by atoms with Crippen molar-refractivity contribution in [1.29, 1.82) is 0 Å². The summed E-state index contributed by atoms with van der Waals surface area (Å²) in [5.74, 6) is -6.61. The fourth-order valence-electron chi connectivity index (χ4n) is 4.44. The molecule has 1 saturated heterocycles. The van der Waals surface area contributed by atoms with Gasteiger partial charge in [0.25, 0.3) is 11.8 Å². The van der Waals surface area contributed by atoms with Crippen LogP contribution in [0.15, 0.2) is 45.7 Å². The maximum atomic E-state index is 15.2. The summed E-state index contributed by atoms with van der Waals surface area (Å²) in [6.07, 6.45) is -0.520. The van der Waals surface area contributed by atoms with Gasteiger partial charge < -0.3 is 20.4 Å². The molecule has 5 rings (SSSR count). The number of nitrogens with zero attached hydrogens (tertiary/aromatic N) is 3. The van der Waals surface area contributed by atoms with Gasteiger partial charge in [-0.2, -0.15) is 0 Å². The number of anilines is 1. The predicted octanol–water partition coefficient (Wildman–Crippen LogP) is 2.89. The first kappa shape index (κ1) is 25.6. The summed E-state index contributed by atoms with van der Waals surface area (Å²) in [4.78, 5) is 13.9. The minimum atomic E-state index is -4.15. The summed E-state index contributed by atoms with van der Waals surface area (Å²) in [5, 5.41) is 10.7. The number of rotatable bonds is 4. The number of hydrogen-bond donors (Lipinski definition) is 2. The standard InChI is InChI=1S/C23H21ClF3N5O4S/c24-14-3-1-12(2-4-14)9-32-18-5-15(16(25)6-19(18)37(34,35)10-17(28)22(32)33)21-31-30-20(36-21)13-7-23(26,27)11-29-8-13/h1-6,13,17,29H,7-11,28H2/t13?,17-/m0/s1. The Bertz CT molecular complexity index is 1470. The Morgan fingerprint density at radius 3 is 2.65 bits per heavy atom. The fraction of sp³-hybridized carbons (Fsp3) is 0.348. The first-order chi connectivity index (χ1) is 17.4. The lowest BCUT2D eigenvalue weighted by atomic mass is 9.97. The number of amides is 1. The second-order valence-electron chi connectivity index (χ2n) is 9.07. The number of nitrogens with one attached hydrogen (secondary N) is 1. The maximum Gasteiger partial charge on any atom is 0.261 e. The molecule has 1 aromatic heterocycles. The molecule has 0 bridgehead atoms.